The van der Waals surface area contributed by atoms with Gasteiger partial charge in [-0.15, -0.1) is 24.0 Å². The standard InChI is InChI=1S/C19H28F3N3O3.HI/c1-3-23-18(24-11-5-4-6-17(26)27-2)25-12-15-7-9-16(10-8-15)13-28-14-19(20,21)22;/h7-10H,3-6,11-14H2,1-2H3,(H2,23,24,25);1H. The molecule has 0 amide bonds. The smallest absolute Gasteiger partial charge is 0.411 e. The van der Waals surface area contributed by atoms with E-state index in [1.54, 1.807) is 12.1 Å². The lowest BCUT2D eigenvalue weighted by Crippen LogP contribution is -2.37. The zero-order valence-electron chi connectivity index (χ0n) is 16.7. The molecule has 0 heterocycles. The molecular formula is C19H29F3IN3O3. The van der Waals surface area contributed by atoms with Gasteiger partial charge >= 0.3 is 12.1 Å². The van der Waals surface area contributed by atoms with Crippen LogP contribution in [0.2, 0.25) is 0 Å². The minimum Gasteiger partial charge on any atom is -0.469 e. The van der Waals surface area contributed by atoms with Crippen LogP contribution >= 0.6 is 24.0 Å². The number of alkyl halides is 3. The van der Waals surface area contributed by atoms with Crippen LogP contribution in [0.1, 0.15) is 37.3 Å². The lowest BCUT2D eigenvalue weighted by molar-refractivity contribution is -0.176. The molecule has 0 aromatic heterocycles. The number of unbranched alkanes of at least 4 members (excludes halogenated alkanes) is 1. The molecule has 1 aromatic carbocycles. The highest BCUT2D eigenvalue weighted by atomic mass is 127. The van der Waals surface area contributed by atoms with Crippen molar-refractivity contribution in [1.82, 2.24) is 10.6 Å². The Morgan fingerprint density at radius 2 is 1.76 bits per heavy atom. The number of rotatable bonds is 11. The maximum absolute atomic E-state index is 12.1. The van der Waals surface area contributed by atoms with E-state index in [1.807, 2.05) is 19.1 Å². The summed E-state index contributed by atoms with van der Waals surface area (Å²) in [6, 6.07) is 7.09. The maximum atomic E-state index is 12.1. The number of aliphatic imine (C=N–C) groups is 1. The Bertz CT molecular complexity index is 611. The minimum absolute atomic E-state index is 0. The maximum Gasteiger partial charge on any atom is 0.411 e. The van der Waals surface area contributed by atoms with Gasteiger partial charge in [0.05, 0.1) is 20.3 Å². The van der Waals surface area contributed by atoms with E-state index in [9.17, 15) is 18.0 Å². The van der Waals surface area contributed by atoms with Crippen LogP contribution in [-0.2, 0) is 27.4 Å². The number of nitrogens with one attached hydrogen (secondary N) is 2. The summed E-state index contributed by atoms with van der Waals surface area (Å²) < 4.78 is 45.5. The first-order valence-electron chi connectivity index (χ1n) is 9.15. The SMILES string of the molecule is CCNC(=NCc1ccc(COCC(F)(F)F)cc1)NCCCCC(=O)OC.I. The Kier molecular flexibility index (Phi) is 14.5. The molecule has 0 aliphatic heterocycles. The van der Waals surface area contributed by atoms with Gasteiger partial charge in [-0.25, -0.2) is 4.99 Å². The van der Waals surface area contributed by atoms with Gasteiger partial charge in [-0.1, -0.05) is 24.3 Å². The third-order valence-corrected chi connectivity index (χ3v) is 3.65. The Morgan fingerprint density at radius 1 is 1.10 bits per heavy atom. The Balaban J connectivity index is 0.00000784. The summed E-state index contributed by atoms with van der Waals surface area (Å²) in [7, 11) is 1.37. The van der Waals surface area contributed by atoms with Gasteiger partial charge in [0.25, 0.3) is 0 Å². The summed E-state index contributed by atoms with van der Waals surface area (Å²) >= 11 is 0. The lowest BCUT2D eigenvalue weighted by Gasteiger charge is -2.11. The minimum atomic E-state index is -4.32. The molecule has 0 fully saturated rings. The predicted octanol–water partition coefficient (Wildman–Crippen LogP) is 3.78. The number of carbonyl (C=O) groups excluding carboxylic acids is 1. The number of hydrogen-bond donors (Lipinski definition) is 2. The van der Waals surface area contributed by atoms with Crippen molar-refractivity contribution in [1.29, 1.82) is 0 Å². The van der Waals surface area contributed by atoms with Crippen molar-refractivity contribution in [2.75, 3.05) is 26.8 Å². The molecule has 0 saturated heterocycles. The summed E-state index contributed by atoms with van der Waals surface area (Å²) in [6.45, 7) is 2.45. The Labute approximate surface area is 186 Å². The van der Waals surface area contributed by atoms with E-state index in [0.717, 1.165) is 18.4 Å². The number of guanidine groups is 1. The first-order chi connectivity index (χ1) is 13.3. The number of benzene rings is 1. The Hall–Kier alpha value is -1.56. The Morgan fingerprint density at radius 3 is 2.34 bits per heavy atom. The van der Waals surface area contributed by atoms with Crippen LogP contribution in [-0.4, -0.2) is 44.9 Å². The molecule has 0 aliphatic carbocycles. The topological polar surface area (TPSA) is 72.0 Å². The average molecular weight is 531 g/mol. The second-order valence-corrected chi connectivity index (χ2v) is 6.08. The summed E-state index contributed by atoms with van der Waals surface area (Å²) in [4.78, 5) is 15.5. The summed E-state index contributed by atoms with van der Waals surface area (Å²) in [5, 5.41) is 6.33. The van der Waals surface area contributed by atoms with Crippen LogP contribution in [0.15, 0.2) is 29.3 Å². The lowest BCUT2D eigenvalue weighted by atomic mass is 10.1. The fourth-order valence-corrected chi connectivity index (χ4v) is 2.24. The highest BCUT2D eigenvalue weighted by Crippen LogP contribution is 2.16. The van der Waals surface area contributed by atoms with Crippen LogP contribution in [0, 0.1) is 0 Å². The molecule has 0 unspecified atom stereocenters. The van der Waals surface area contributed by atoms with Gasteiger partial charge in [-0.3, -0.25) is 4.79 Å². The first kappa shape index (κ1) is 27.4. The summed E-state index contributed by atoms with van der Waals surface area (Å²) in [5.41, 5.74) is 1.61. The molecule has 1 rings (SSSR count). The molecule has 10 heteroatoms. The van der Waals surface area contributed by atoms with Gasteiger partial charge in [-0.05, 0) is 30.9 Å². The molecule has 0 aliphatic rings. The molecule has 0 radical (unpaired) electrons. The van der Waals surface area contributed by atoms with Crippen molar-refractivity contribution in [3.63, 3.8) is 0 Å². The van der Waals surface area contributed by atoms with Crippen LogP contribution in [0.25, 0.3) is 0 Å². The van der Waals surface area contributed by atoms with E-state index in [-0.39, 0.29) is 36.6 Å². The van der Waals surface area contributed by atoms with Crippen LogP contribution in [0.5, 0.6) is 0 Å². The van der Waals surface area contributed by atoms with Crippen LogP contribution in [0.3, 0.4) is 0 Å². The van der Waals surface area contributed by atoms with Crippen molar-refractivity contribution in [2.24, 2.45) is 4.99 Å². The molecule has 6 nitrogen and oxygen atoms in total. The fraction of sp³-hybridized carbons (Fsp3) is 0.579. The third-order valence-electron chi connectivity index (χ3n) is 3.65. The second kappa shape index (κ2) is 15.3. The number of nitrogens with zero attached hydrogens (tertiary/aromatic N) is 1. The van der Waals surface area contributed by atoms with Gasteiger partial charge in [0, 0.05) is 19.5 Å². The number of methoxy groups -OCH3 is 1. The molecule has 0 bridgehead atoms. The molecule has 166 valence electrons. The molecule has 0 atom stereocenters. The average Bonchev–Trinajstić information content (AvgIpc) is 2.65. The van der Waals surface area contributed by atoms with Crippen molar-refractivity contribution in [2.45, 2.75) is 45.5 Å². The van der Waals surface area contributed by atoms with E-state index in [4.69, 9.17) is 0 Å². The second-order valence-electron chi connectivity index (χ2n) is 6.08. The quantitative estimate of drug-likeness (QED) is 0.150. The van der Waals surface area contributed by atoms with Gasteiger partial charge in [-0.2, -0.15) is 13.2 Å². The van der Waals surface area contributed by atoms with E-state index < -0.39 is 12.8 Å². The molecule has 1 aromatic rings. The summed E-state index contributed by atoms with van der Waals surface area (Å²) in [5.74, 6) is 0.450. The van der Waals surface area contributed by atoms with Crippen molar-refractivity contribution < 1.29 is 27.4 Å². The molecule has 0 spiro atoms. The van der Waals surface area contributed by atoms with Gasteiger partial charge < -0.3 is 20.1 Å². The van der Waals surface area contributed by atoms with E-state index in [2.05, 4.69) is 25.1 Å². The van der Waals surface area contributed by atoms with E-state index >= 15 is 0 Å². The summed E-state index contributed by atoms with van der Waals surface area (Å²) in [6.07, 6.45) is -2.38. The monoisotopic (exact) mass is 531 g/mol. The number of hydrogen-bond acceptors (Lipinski definition) is 4. The normalized spacial score (nSPS) is 11.6. The molecular weight excluding hydrogens is 502 g/mol. The van der Waals surface area contributed by atoms with Crippen molar-refractivity contribution in [3.8, 4) is 0 Å². The molecule has 29 heavy (non-hydrogen) atoms. The zero-order chi connectivity index (χ0) is 20.8. The first-order valence-corrected chi connectivity index (χ1v) is 9.15. The molecule has 0 saturated carbocycles. The van der Waals surface area contributed by atoms with Crippen LogP contribution < -0.4 is 10.6 Å². The van der Waals surface area contributed by atoms with Crippen molar-refractivity contribution >= 4 is 35.9 Å². The van der Waals surface area contributed by atoms with Crippen LogP contribution in [0.4, 0.5) is 13.2 Å². The fourth-order valence-electron chi connectivity index (χ4n) is 2.24. The highest BCUT2D eigenvalue weighted by molar-refractivity contribution is 14.0. The largest absolute Gasteiger partial charge is 0.469 e. The highest BCUT2D eigenvalue weighted by Gasteiger charge is 2.27. The van der Waals surface area contributed by atoms with Gasteiger partial charge in [0.2, 0.25) is 0 Å². The predicted molar refractivity (Wildman–Crippen MR) is 116 cm³/mol. The number of carbonyl (C=O) groups is 1. The van der Waals surface area contributed by atoms with E-state index in [0.29, 0.717) is 37.6 Å². The number of halogens is 4. The van der Waals surface area contributed by atoms with E-state index in [1.165, 1.54) is 7.11 Å². The van der Waals surface area contributed by atoms with Gasteiger partial charge in [0.15, 0.2) is 5.96 Å². The van der Waals surface area contributed by atoms with Crippen molar-refractivity contribution in [3.05, 3.63) is 35.4 Å². The van der Waals surface area contributed by atoms with Gasteiger partial charge in [0.1, 0.15) is 6.61 Å². The number of ether oxygens (including phenoxy) is 2. The molecule has 2 N–H and O–H groups in total. The zero-order valence-corrected chi connectivity index (χ0v) is 19.0. The third kappa shape index (κ3) is 14.1. The number of esters is 1.